The fourth-order valence-electron chi connectivity index (χ4n) is 1.37. The Morgan fingerprint density at radius 3 is 2.87 bits per heavy atom. The van der Waals surface area contributed by atoms with Crippen LogP contribution in [0.4, 0.5) is 0 Å². The lowest BCUT2D eigenvalue weighted by Crippen LogP contribution is -2.12. The fraction of sp³-hybridized carbons (Fsp3) is 0.545. The molecule has 1 aliphatic heterocycles. The van der Waals surface area contributed by atoms with Gasteiger partial charge in [0, 0.05) is 18.7 Å². The van der Waals surface area contributed by atoms with E-state index in [0.717, 1.165) is 12.0 Å². The van der Waals surface area contributed by atoms with E-state index in [0.29, 0.717) is 25.7 Å². The molecule has 0 amide bonds. The van der Waals surface area contributed by atoms with E-state index >= 15 is 0 Å². The Kier molecular flexibility index (Phi) is 3.53. The first-order chi connectivity index (χ1) is 7.34. The van der Waals surface area contributed by atoms with Crippen LogP contribution in [-0.4, -0.2) is 31.1 Å². The highest BCUT2D eigenvalue weighted by Crippen LogP contribution is 2.10. The minimum absolute atomic E-state index is 0.101. The molecule has 0 radical (unpaired) electrons. The zero-order valence-electron chi connectivity index (χ0n) is 8.81. The first-order valence-electron chi connectivity index (χ1n) is 5.13. The van der Waals surface area contributed by atoms with Gasteiger partial charge in [-0.1, -0.05) is 6.07 Å². The summed E-state index contributed by atoms with van der Waals surface area (Å²) in [5.41, 5.74) is 1.13. The highest BCUT2D eigenvalue weighted by Gasteiger charge is 2.15. The SMILES string of the molecule is Cc1ccc(OCCC2OCCO2)nc1. The second kappa shape index (κ2) is 5.09. The molecule has 1 aliphatic rings. The van der Waals surface area contributed by atoms with Crippen molar-refractivity contribution in [3.63, 3.8) is 0 Å². The maximum Gasteiger partial charge on any atom is 0.213 e. The van der Waals surface area contributed by atoms with Crippen LogP contribution in [-0.2, 0) is 9.47 Å². The monoisotopic (exact) mass is 209 g/mol. The van der Waals surface area contributed by atoms with Crippen LogP contribution in [0.1, 0.15) is 12.0 Å². The lowest BCUT2D eigenvalue weighted by Gasteiger charge is -2.09. The smallest absolute Gasteiger partial charge is 0.213 e. The van der Waals surface area contributed by atoms with Crippen molar-refractivity contribution in [2.75, 3.05) is 19.8 Å². The van der Waals surface area contributed by atoms with Gasteiger partial charge >= 0.3 is 0 Å². The van der Waals surface area contributed by atoms with Gasteiger partial charge in [0.1, 0.15) is 0 Å². The Morgan fingerprint density at radius 2 is 2.20 bits per heavy atom. The van der Waals surface area contributed by atoms with Gasteiger partial charge in [-0.05, 0) is 12.5 Å². The van der Waals surface area contributed by atoms with Crippen LogP contribution in [0, 0.1) is 6.92 Å². The van der Waals surface area contributed by atoms with E-state index in [4.69, 9.17) is 14.2 Å². The summed E-state index contributed by atoms with van der Waals surface area (Å²) in [5.74, 6) is 0.651. The zero-order valence-corrected chi connectivity index (χ0v) is 8.81. The largest absolute Gasteiger partial charge is 0.477 e. The third-order valence-electron chi connectivity index (χ3n) is 2.18. The van der Waals surface area contributed by atoms with E-state index in [-0.39, 0.29) is 6.29 Å². The molecule has 4 heteroatoms. The second-order valence-electron chi connectivity index (χ2n) is 3.48. The molecule has 1 aromatic heterocycles. The summed E-state index contributed by atoms with van der Waals surface area (Å²) < 4.78 is 16.0. The third-order valence-corrected chi connectivity index (χ3v) is 2.18. The molecule has 2 rings (SSSR count). The average molecular weight is 209 g/mol. The Labute approximate surface area is 89.2 Å². The van der Waals surface area contributed by atoms with Crippen LogP contribution in [0.25, 0.3) is 0 Å². The van der Waals surface area contributed by atoms with E-state index < -0.39 is 0 Å². The molecule has 0 N–H and O–H groups in total. The van der Waals surface area contributed by atoms with Crippen molar-refractivity contribution in [1.29, 1.82) is 0 Å². The summed E-state index contributed by atoms with van der Waals surface area (Å²) >= 11 is 0. The van der Waals surface area contributed by atoms with Gasteiger partial charge in [0.05, 0.1) is 19.8 Å². The Bertz CT molecular complexity index is 293. The van der Waals surface area contributed by atoms with Crippen molar-refractivity contribution in [2.24, 2.45) is 0 Å². The molecule has 0 spiro atoms. The van der Waals surface area contributed by atoms with E-state index in [9.17, 15) is 0 Å². The summed E-state index contributed by atoms with van der Waals surface area (Å²) in [6, 6.07) is 3.84. The number of ether oxygens (including phenoxy) is 3. The predicted molar refractivity (Wildman–Crippen MR) is 54.8 cm³/mol. The predicted octanol–water partition coefficient (Wildman–Crippen LogP) is 1.53. The highest BCUT2D eigenvalue weighted by molar-refractivity contribution is 5.16. The van der Waals surface area contributed by atoms with Crippen LogP contribution < -0.4 is 4.74 Å². The number of rotatable bonds is 4. The number of aryl methyl sites for hydroxylation is 1. The van der Waals surface area contributed by atoms with E-state index in [2.05, 4.69) is 4.98 Å². The molecule has 1 saturated heterocycles. The number of hydrogen-bond acceptors (Lipinski definition) is 4. The molecule has 82 valence electrons. The molecule has 0 aliphatic carbocycles. The van der Waals surface area contributed by atoms with Crippen molar-refractivity contribution < 1.29 is 14.2 Å². The molecular formula is C11H15NO3. The van der Waals surface area contributed by atoms with Gasteiger partial charge in [0.2, 0.25) is 5.88 Å². The van der Waals surface area contributed by atoms with Crippen LogP contribution in [0.15, 0.2) is 18.3 Å². The minimum Gasteiger partial charge on any atom is -0.477 e. The number of hydrogen-bond donors (Lipinski definition) is 0. The van der Waals surface area contributed by atoms with Gasteiger partial charge in [-0.2, -0.15) is 0 Å². The first kappa shape index (κ1) is 10.4. The van der Waals surface area contributed by atoms with E-state index in [1.165, 1.54) is 0 Å². The fourth-order valence-corrected chi connectivity index (χ4v) is 1.37. The molecule has 0 aromatic carbocycles. The molecular weight excluding hydrogens is 194 g/mol. The summed E-state index contributed by atoms with van der Waals surface area (Å²) in [7, 11) is 0. The normalized spacial score (nSPS) is 16.9. The summed E-state index contributed by atoms with van der Waals surface area (Å²) in [6.07, 6.45) is 2.43. The van der Waals surface area contributed by atoms with Crippen molar-refractivity contribution >= 4 is 0 Å². The maximum absolute atomic E-state index is 5.45. The van der Waals surface area contributed by atoms with E-state index in [1.807, 2.05) is 19.1 Å². The Balaban J connectivity index is 1.71. The summed E-state index contributed by atoms with van der Waals surface area (Å²) in [4.78, 5) is 4.14. The Morgan fingerprint density at radius 1 is 1.40 bits per heavy atom. The molecule has 0 saturated carbocycles. The molecule has 4 nitrogen and oxygen atoms in total. The standard InChI is InChI=1S/C11H15NO3/c1-9-2-3-10(12-8-9)13-5-4-11-14-6-7-15-11/h2-3,8,11H,4-7H2,1H3. The number of pyridine rings is 1. The average Bonchev–Trinajstić information content (AvgIpc) is 2.74. The minimum atomic E-state index is -0.101. The maximum atomic E-state index is 5.45. The lowest BCUT2D eigenvalue weighted by atomic mass is 10.3. The van der Waals surface area contributed by atoms with Crippen molar-refractivity contribution in [2.45, 2.75) is 19.6 Å². The summed E-state index contributed by atoms with van der Waals surface area (Å²) in [6.45, 7) is 3.94. The third kappa shape index (κ3) is 3.18. The summed E-state index contributed by atoms with van der Waals surface area (Å²) in [5, 5.41) is 0. The number of aromatic nitrogens is 1. The first-order valence-corrected chi connectivity index (χ1v) is 5.13. The molecule has 1 aromatic rings. The number of nitrogens with zero attached hydrogens (tertiary/aromatic N) is 1. The molecule has 2 heterocycles. The topological polar surface area (TPSA) is 40.6 Å². The van der Waals surface area contributed by atoms with Crippen molar-refractivity contribution in [3.05, 3.63) is 23.9 Å². The molecule has 0 bridgehead atoms. The second-order valence-corrected chi connectivity index (χ2v) is 3.48. The van der Waals surface area contributed by atoms with Gasteiger partial charge in [-0.25, -0.2) is 4.98 Å². The van der Waals surface area contributed by atoms with Crippen molar-refractivity contribution in [1.82, 2.24) is 4.98 Å². The van der Waals surface area contributed by atoms with Crippen LogP contribution in [0.3, 0.4) is 0 Å². The Hall–Kier alpha value is -1.13. The van der Waals surface area contributed by atoms with E-state index in [1.54, 1.807) is 6.20 Å². The molecule has 15 heavy (non-hydrogen) atoms. The zero-order chi connectivity index (χ0) is 10.5. The van der Waals surface area contributed by atoms with Gasteiger partial charge in [-0.3, -0.25) is 0 Å². The van der Waals surface area contributed by atoms with Gasteiger partial charge in [0.25, 0.3) is 0 Å². The van der Waals surface area contributed by atoms with Crippen LogP contribution in [0.5, 0.6) is 5.88 Å². The van der Waals surface area contributed by atoms with Gasteiger partial charge in [0.15, 0.2) is 6.29 Å². The van der Waals surface area contributed by atoms with Crippen molar-refractivity contribution in [3.8, 4) is 5.88 Å². The quantitative estimate of drug-likeness (QED) is 0.754. The van der Waals surface area contributed by atoms with Gasteiger partial charge in [-0.15, -0.1) is 0 Å². The highest BCUT2D eigenvalue weighted by atomic mass is 16.7. The molecule has 0 unspecified atom stereocenters. The molecule has 1 fully saturated rings. The molecule has 0 atom stereocenters. The van der Waals surface area contributed by atoms with Crippen LogP contribution >= 0.6 is 0 Å². The van der Waals surface area contributed by atoms with Gasteiger partial charge < -0.3 is 14.2 Å². The van der Waals surface area contributed by atoms with Crippen LogP contribution in [0.2, 0.25) is 0 Å². The lowest BCUT2D eigenvalue weighted by molar-refractivity contribution is -0.0533.